The van der Waals surface area contributed by atoms with Crippen molar-refractivity contribution >= 4 is 44.8 Å². The summed E-state index contributed by atoms with van der Waals surface area (Å²) >= 11 is 8.64. The van der Waals surface area contributed by atoms with Gasteiger partial charge < -0.3 is 4.40 Å². The molecule has 16 heavy (non-hydrogen) atoms. The second kappa shape index (κ2) is 4.12. The lowest BCUT2D eigenvalue weighted by atomic mass is 10.5. The second-order valence-corrected chi connectivity index (χ2v) is 5.08. The van der Waals surface area contributed by atoms with E-state index < -0.39 is 5.51 Å². The van der Waals surface area contributed by atoms with Gasteiger partial charge in [-0.15, -0.1) is 0 Å². The predicted molar refractivity (Wildman–Crippen MR) is 59.8 cm³/mol. The summed E-state index contributed by atoms with van der Waals surface area (Å²) in [5, 5.41) is 0.198. The smallest absolute Gasteiger partial charge is 0.306 e. The van der Waals surface area contributed by atoms with E-state index in [1.807, 2.05) is 0 Å². The van der Waals surface area contributed by atoms with E-state index in [-0.39, 0.29) is 21.9 Å². The molecule has 2 heterocycles. The molecule has 0 amide bonds. The molecule has 0 aromatic carbocycles. The molecule has 2 aromatic heterocycles. The molecule has 0 atom stereocenters. The number of fused-ring (bicyclic) bond motifs is 1. The first-order valence-corrected chi connectivity index (χ1v) is 5.94. The van der Waals surface area contributed by atoms with Crippen molar-refractivity contribution in [1.82, 2.24) is 9.38 Å². The van der Waals surface area contributed by atoms with E-state index in [9.17, 15) is 13.2 Å². The minimum Gasteiger partial charge on any atom is -0.306 e. The topological polar surface area (TPSA) is 17.3 Å². The van der Waals surface area contributed by atoms with Crippen LogP contribution in [-0.4, -0.2) is 14.9 Å². The van der Waals surface area contributed by atoms with E-state index in [4.69, 9.17) is 11.6 Å². The Morgan fingerprint density at radius 1 is 1.44 bits per heavy atom. The third-order valence-electron chi connectivity index (χ3n) is 1.77. The van der Waals surface area contributed by atoms with Crippen molar-refractivity contribution in [3.05, 3.63) is 28.1 Å². The molecule has 2 rings (SSSR count). The van der Waals surface area contributed by atoms with Crippen molar-refractivity contribution in [2.75, 3.05) is 0 Å². The number of hydrogen-bond acceptors (Lipinski definition) is 2. The average molecular weight is 332 g/mol. The zero-order valence-corrected chi connectivity index (χ0v) is 10.6. The van der Waals surface area contributed by atoms with Crippen molar-refractivity contribution in [2.24, 2.45) is 0 Å². The van der Waals surface area contributed by atoms with Crippen molar-refractivity contribution in [1.29, 1.82) is 0 Å². The Hall–Kier alpha value is -0.400. The van der Waals surface area contributed by atoms with Gasteiger partial charge in [-0.05, 0) is 22.0 Å². The molecule has 2 nitrogen and oxygen atoms in total. The van der Waals surface area contributed by atoms with Crippen LogP contribution in [0.3, 0.4) is 0 Å². The lowest BCUT2D eigenvalue weighted by molar-refractivity contribution is -0.0330. The first-order valence-electron chi connectivity index (χ1n) is 3.95. The van der Waals surface area contributed by atoms with Gasteiger partial charge in [-0.2, -0.15) is 13.2 Å². The number of rotatable bonds is 1. The monoisotopic (exact) mass is 330 g/mol. The summed E-state index contributed by atoms with van der Waals surface area (Å²) in [6, 6.07) is 1.50. The summed E-state index contributed by atoms with van der Waals surface area (Å²) in [7, 11) is 0. The fourth-order valence-corrected chi connectivity index (χ4v) is 2.71. The zero-order valence-electron chi connectivity index (χ0n) is 7.42. The maximum absolute atomic E-state index is 12.3. The van der Waals surface area contributed by atoms with E-state index in [0.29, 0.717) is 9.99 Å². The molecular formula is C8H3BrClF3N2S. The van der Waals surface area contributed by atoms with Gasteiger partial charge in [0.2, 0.25) is 0 Å². The van der Waals surface area contributed by atoms with Crippen LogP contribution in [0, 0.1) is 0 Å². The van der Waals surface area contributed by atoms with Gasteiger partial charge >= 0.3 is 5.51 Å². The highest BCUT2D eigenvalue weighted by molar-refractivity contribution is 9.10. The van der Waals surface area contributed by atoms with Crippen LogP contribution in [0.5, 0.6) is 0 Å². The van der Waals surface area contributed by atoms with E-state index in [1.165, 1.54) is 22.9 Å². The van der Waals surface area contributed by atoms with Gasteiger partial charge in [-0.25, -0.2) is 4.98 Å². The van der Waals surface area contributed by atoms with Crippen LogP contribution in [0.1, 0.15) is 0 Å². The largest absolute Gasteiger partial charge is 0.447 e. The van der Waals surface area contributed by atoms with Gasteiger partial charge in [0.05, 0.1) is 9.99 Å². The minimum atomic E-state index is -4.34. The van der Waals surface area contributed by atoms with Gasteiger partial charge in [0, 0.05) is 24.2 Å². The summed E-state index contributed by atoms with van der Waals surface area (Å²) in [5.74, 6) is 0. The molecule has 0 saturated carbocycles. The molecule has 0 N–H and O–H groups in total. The van der Waals surface area contributed by atoms with Gasteiger partial charge in [0.15, 0.2) is 5.15 Å². The fraction of sp³-hybridized carbons (Fsp3) is 0.125. The lowest BCUT2D eigenvalue weighted by Crippen LogP contribution is -2.01. The van der Waals surface area contributed by atoms with Crippen LogP contribution in [0.2, 0.25) is 5.15 Å². The summed E-state index contributed by atoms with van der Waals surface area (Å²) in [5.41, 5.74) is -3.91. The standard InChI is InChI=1S/C8H3BrClF3N2S/c9-4-3-5-6(10)14-1-2-15(5)7(4)16-8(11,12)13/h1-3H. The molecular weight excluding hydrogens is 329 g/mol. The Kier molecular flexibility index (Phi) is 3.11. The molecule has 0 fully saturated rings. The van der Waals surface area contributed by atoms with Crippen molar-refractivity contribution in [3.8, 4) is 0 Å². The van der Waals surface area contributed by atoms with Gasteiger partial charge in [0.1, 0.15) is 5.03 Å². The fourth-order valence-electron chi connectivity index (χ4n) is 1.22. The Morgan fingerprint density at radius 2 is 2.12 bits per heavy atom. The molecule has 0 spiro atoms. The maximum atomic E-state index is 12.3. The van der Waals surface area contributed by atoms with E-state index in [2.05, 4.69) is 20.9 Å². The van der Waals surface area contributed by atoms with Crippen molar-refractivity contribution in [2.45, 2.75) is 10.5 Å². The number of halogens is 5. The number of alkyl halides is 3. The Balaban J connectivity index is 2.61. The molecule has 2 aromatic rings. The van der Waals surface area contributed by atoms with Crippen LogP contribution in [0.4, 0.5) is 13.2 Å². The first kappa shape index (κ1) is 12.1. The van der Waals surface area contributed by atoms with E-state index >= 15 is 0 Å². The number of hydrogen-bond donors (Lipinski definition) is 0. The Labute approximate surface area is 106 Å². The Morgan fingerprint density at radius 3 is 2.75 bits per heavy atom. The Bertz CT molecular complexity index is 540. The summed E-state index contributed by atoms with van der Waals surface area (Å²) in [4.78, 5) is 3.79. The SMILES string of the molecule is FC(F)(F)Sc1c(Br)cc2c(Cl)nccn12. The summed E-state index contributed by atoms with van der Waals surface area (Å²) < 4.78 is 38.6. The van der Waals surface area contributed by atoms with Gasteiger partial charge in [-0.1, -0.05) is 11.6 Å². The van der Waals surface area contributed by atoms with Crippen molar-refractivity contribution < 1.29 is 13.2 Å². The number of nitrogens with zero attached hydrogens (tertiary/aromatic N) is 2. The van der Waals surface area contributed by atoms with E-state index in [0.717, 1.165) is 0 Å². The summed E-state index contributed by atoms with van der Waals surface area (Å²) in [6.45, 7) is 0. The highest BCUT2D eigenvalue weighted by Gasteiger charge is 2.32. The van der Waals surface area contributed by atoms with E-state index in [1.54, 1.807) is 0 Å². The van der Waals surface area contributed by atoms with Crippen molar-refractivity contribution in [3.63, 3.8) is 0 Å². The molecule has 8 heteroatoms. The average Bonchev–Trinajstić information content (AvgIpc) is 2.44. The van der Waals surface area contributed by atoms with Crippen LogP contribution in [0.15, 0.2) is 28.0 Å². The maximum Gasteiger partial charge on any atom is 0.447 e. The molecule has 0 aliphatic carbocycles. The van der Waals surface area contributed by atoms with Crippen LogP contribution in [0.25, 0.3) is 5.52 Å². The molecule has 0 aliphatic heterocycles. The zero-order chi connectivity index (χ0) is 11.9. The van der Waals surface area contributed by atoms with Crippen LogP contribution < -0.4 is 0 Å². The molecule has 86 valence electrons. The quantitative estimate of drug-likeness (QED) is 0.722. The number of thioether (sulfide) groups is 1. The highest BCUT2D eigenvalue weighted by atomic mass is 79.9. The molecule has 0 saturated heterocycles. The number of aromatic nitrogens is 2. The first-order chi connectivity index (χ1) is 7.38. The van der Waals surface area contributed by atoms with Crippen LogP contribution >= 0.6 is 39.3 Å². The predicted octanol–water partition coefficient (Wildman–Crippen LogP) is 4.36. The van der Waals surface area contributed by atoms with Gasteiger partial charge in [0.25, 0.3) is 0 Å². The van der Waals surface area contributed by atoms with Crippen LogP contribution in [-0.2, 0) is 0 Å². The third-order valence-corrected chi connectivity index (χ3v) is 3.77. The minimum absolute atomic E-state index is 0.0341. The molecule has 0 bridgehead atoms. The molecule has 0 radical (unpaired) electrons. The summed E-state index contributed by atoms with van der Waals surface area (Å²) in [6.07, 6.45) is 2.78. The normalized spacial score (nSPS) is 12.3. The second-order valence-electron chi connectivity index (χ2n) is 2.82. The lowest BCUT2D eigenvalue weighted by Gasteiger charge is -2.06. The third kappa shape index (κ3) is 2.31. The highest BCUT2D eigenvalue weighted by Crippen LogP contribution is 2.42. The molecule has 0 aliphatic rings. The van der Waals surface area contributed by atoms with Gasteiger partial charge in [-0.3, -0.25) is 0 Å². The molecule has 0 unspecified atom stereocenters.